The van der Waals surface area contributed by atoms with Gasteiger partial charge in [0, 0.05) is 68.3 Å². The summed E-state index contributed by atoms with van der Waals surface area (Å²) in [6, 6.07) is 11.0. The minimum atomic E-state index is 0.158. The topological polar surface area (TPSA) is 66.3 Å². The average Bonchev–Trinajstić information content (AvgIpc) is 3.23. The first-order valence-electron chi connectivity index (χ1n) is 11.8. The number of aromatic nitrogens is 3. The van der Waals surface area contributed by atoms with Crippen molar-refractivity contribution in [3.05, 3.63) is 42.7 Å². The monoisotopic (exact) mass is 432 g/mol. The Hall–Kier alpha value is -3.09. The third kappa shape index (κ3) is 4.29. The summed E-state index contributed by atoms with van der Waals surface area (Å²) in [5, 5.41) is 4.46. The highest BCUT2D eigenvalue weighted by molar-refractivity contribution is 5.77. The van der Waals surface area contributed by atoms with E-state index in [1.165, 1.54) is 31.4 Å². The summed E-state index contributed by atoms with van der Waals surface area (Å²) in [5.41, 5.74) is 3.16. The van der Waals surface area contributed by atoms with E-state index in [0.29, 0.717) is 12.0 Å². The van der Waals surface area contributed by atoms with Gasteiger partial charge in [-0.3, -0.25) is 4.79 Å². The maximum atomic E-state index is 11.5. The molecule has 2 aromatic heterocycles. The summed E-state index contributed by atoms with van der Waals surface area (Å²) < 4.78 is 2.35. The zero-order valence-electron chi connectivity index (χ0n) is 19.0. The molecule has 2 unspecified atom stereocenters. The minimum absolute atomic E-state index is 0.158. The van der Waals surface area contributed by atoms with E-state index in [1.54, 1.807) is 6.92 Å². The van der Waals surface area contributed by atoms with Crippen LogP contribution >= 0.6 is 0 Å². The lowest BCUT2D eigenvalue weighted by Gasteiger charge is -2.35. The Kier molecular flexibility index (Phi) is 5.72. The Morgan fingerprint density at radius 3 is 2.56 bits per heavy atom. The Morgan fingerprint density at radius 1 is 1.06 bits per heavy atom. The highest BCUT2D eigenvalue weighted by Gasteiger charge is 2.22. The number of benzene rings is 1. The molecule has 1 aromatic carbocycles. The molecule has 1 aliphatic carbocycles. The van der Waals surface area contributed by atoms with Crippen molar-refractivity contribution in [3.63, 3.8) is 0 Å². The number of nitrogens with zero attached hydrogens (tertiary/aromatic N) is 5. The molecule has 3 heterocycles. The lowest BCUT2D eigenvalue weighted by Crippen LogP contribution is -2.48. The van der Waals surface area contributed by atoms with Crippen LogP contribution in [0, 0.1) is 5.92 Å². The maximum Gasteiger partial charge on any atom is 0.229 e. The zero-order valence-corrected chi connectivity index (χ0v) is 19.0. The van der Waals surface area contributed by atoms with Crippen LogP contribution in [0.15, 0.2) is 42.7 Å². The first kappa shape index (κ1) is 20.8. The molecular formula is C25H32N6O. The number of anilines is 3. The molecule has 3 aromatic rings. The summed E-state index contributed by atoms with van der Waals surface area (Å²) in [6.45, 7) is 7.28. The fraction of sp³-hybridized carbons (Fsp3) is 0.480. The largest absolute Gasteiger partial charge is 0.368 e. The second-order valence-corrected chi connectivity index (χ2v) is 9.29. The minimum Gasteiger partial charge on any atom is -0.368 e. The van der Waals surface area contributed by atoms with Crippen LogP contribution < -0.4 is 10.2 Å². The van der Waals surface area contributed by atoms with Crippen molar-refractivity contribution in [3.8, 4) is 0 Å². The molecule has 2 aliphatic rings. The molecule has 0 radical (unpaired) electrons. The van der Waals surface area contributed by atoms with Crippen molar-refractivity contribution >= 4 is 34.3 Å². The average molecular weight is 433 g/mol. The number of carbonyl (C=O) groups excluding carboxylic acids is 1. The highest BCUT2D eigenvalue weighted by atomic mass is 16.2. The quantitative estimate of drug-likeness (QED) is 0.653. The van der Waals surface area contributed by atoms with Gasteiger partial charge in [-0.2, -0.15) is 4.98 Å². The van der Waals surface area contributed by atoms with Crippen molar-refractivity contribution in [2.45, 2.75) is 45.6 Å². The van der Waals surface area contributed by atoms with Gasteiger partial charge in [0.05, 0.1) is 0 Å². The molecule has 32 heavy (non-hydrogen) atoms. The molecule has 0 bridgehead atoms. The second kappa shape index (κ2) is 8.81. The van der Waals surface area contributed by atoms with E-state index in [2.05, 4.69) is 63.2 Å². The first-order chi connectivity index (χ1) is 15.6. The SMILES string of the molecule is CC(=O)N1CCN(c2ccc(Nc3ncc4ccn(C5CCCC(C)C5)c4n3)cc2)CC1. The summed E-state index contributed by atoms with van der Waals surface area (Å²) in [7, 11) is 0. The van der Waals surface area contributed by atoms with Crippen molar-refractivity contribution in [2.75, 3.05) is 36.4 Å². The van der Waals surface area contributed by atoms with Crippen molar-refractivity contribution in [1.29, 1.82) is 0 Å². The van der Waals surface area contributed by atoms with Gasteiger partial charge >= 0.3 is 0 Å². The molecule has 2 atom stereocenters. The molecule has 5 rings (SSSR count). The predicted octanol–water partition coefficient (Wildman–Crippen LogP) is 4.59. The smallest absolute Gasteiger partial charge is 0.229 e. The van der Waals surface area contributed by atoms with E-state index < -0.39 is 0 Å². The standard InChI is InChI=1S/C25H32N6O/c1-18-4-3-5-23(16-18)31-11-10-20-17-26-25(28-24(20)31)27-21-6-8-22(9-7-21)30-14-12-29(13-15-30)19(2)32/h6-11,17-18,23H,3-5,12-16H2,1-2H3,(H,26,27,28). The van der Waals surface area contributed by atoms with Crippen LogP contribution in [0.25, 0.3) is 11.0 Å². The molecule has 0 spiro atoms. The number of piperazine rings is 1. The Morgan fingerprint density at radius 2 is 1.84 bits per heavy atom. The van der Waals surface area contributed by atoms with Crippen molar-refractivity contribution in [1.82, 2.24) is 19.4 Å². The second-order valence-electron chi connectivity index (χ2n) is 9.29. The first-order valence-corrected chi connectivity index (χ1v) is 11.8. The maximum absolute atomic E-state index is 11.5. The molecule has 7 nitrogen and oxygen atoms in total. The van der Waals surface area contributed by atoms with E-state index in [9.17, 15) is 4.79 Å². The normalized spacial score (nSPS) is 21.7. The molecule has 2 fully saturated rings. The van der Waals surface area contributed by atoms with Gasteiger partial charge in [0.1, 0.15) is 5.65 Å². The number of rotatable bonds is 4. The predicted molar refractivity (Wildman–Crippen MR) is 128 cm³/mol. The number of nitrogens with one attached hydrogen (secondary N) is 1. The fourth-order valence-electron chi connectivity index (χ4n) is 5.11. The van der Waals surface area contributed by atoms with Crippen LogP contribution in [0.3, 0.4) is 0 Å². The molecule has 1 aliphatic heterocycles. The van der Waals surface area contributed by atoms with Gasteiger partial charge in [0.2, 0.25) is 11.9 Å². The van der Waals surface area contributed by atoms with Gasteiger partial charge in [-0.25, -0.2) is 4.98 Å². The van der Waals surface area contributed by atoms with Gasteiger partial charge in [-0.1, -0.05) is 19.8 Å². The number of hydrogen-bond donors (Lipinski definition) is 1. The lowest BCUT2D eigenvalue weighted by atomic mass is 9.87. The molecule has 168 valence electrons. The van der Waals surface area contributed by atoms with Crippen LogP contribution in [0.2, 0.25) is 0 Å². The van der Waals surface area contributed by atoms with Crippen molar-refractivity contribution < 1.29 is 4.79 Å². The third-order valence-corrected chi connectivity index (χ3v) is 6.97. The van der Waals surface area contributed by atoms with E-state index in [4.69, 9.17) is 4.98 Å². The molecule has 1 saturated heterocycles. The molecular weight excluding hydrogens is 400 g/mol. The number of fused-ring (bicyclic) bond motifs is 1. The Labute approximate surface area is 189 Å². The number of carbonyl (C=O) groups is 1. The summed E-state index contributed by atoms with van der Waals surface area (Å²) in [6.07, 6.45) is 9.15. The Bertz CT molecular complexity index is 1080. The van der Waals surface area contributed by atoms with Gasteiger partial charge in [-0.05, 0) is 49.1 Å². The molecule has 7 heteroatoms. The van der Waals surface area contributed by atoms with Gasteiger partial charge in [0.15, 0.2) is 0 Å². The highest BCUT2D eigenvalue weighted by Crippen LogP contribution is 2.34. The van der Waals surface area contributed by atoms with Crippen LogP contribution in [0.5, 0.6) is 0 Å². The number of hydrogen-bond acceptors (Lipinski definition) is 5. The van der Waals surface area contributed by atoms with Gasteiger partial charge in [-0.15, -0.1) is 0 Å². The van der Waals surface area contributed by atoms with Crippen LogP contribution in [0.1, 0.15) is 45.6 Å². The van der Waals surface area contributed by atoms with Crippen LogP contribution in [-0.4, -0.2) is 51.5 Å². The van der Waals surface area contributed by atoms with E-state index >= 15 is 0 Å². The summed E-state index contributed by atoms with van der Waals surface area (Å²) >= 11 is 0. The van der Waals surface area contributed by atoms with E-state index in [1.807, 2.05) is 11.1 Å². The van der Waals surface area contributed by atoms with E-state index in [-0.39, 0.29) is 5.91 Å². The molecule has 1 N–H and O–H groups in total. The van der Waals surface area contributed by atoms with Crippen LogP contribution in [-0.2, 0) is 4.79 Å². The summed E-state index contributed by atoms with van der Waals surface area (Å²) in [4.78, 5) is 25.2. The van der Waals surface area contributed by atoms with Gasteiger partial charge < -0.3 is 19.7 Å². The third-order valence-electron chi connectivity index (χ3n) is 6.97. The van der Waals surface area contributed by atoms with Crippen molar-refractivity contribution in [2.24, 2.45) is 5.92 Å². The molecule has 1 amide bonds. The zero-order chi connectivity index (χ0) is 22.1. The van der Waals surface area contributed by atoms with E-state index in [0.717, 1.165) is 48.8 Å². The fourth-order valence-corrected chi connectivity index (χ4v) is 5.11. The summed E-state index contributed by atoms with van der Waals surface area (Å²) in [5.74, 6) is 1.56. The Balaban J connectivity index is 1.28. The molecule has 1 saturated carbocycles. The van der Waals surface area contributed by atoms with Crippen LogP contribution in [0.4, 0.5) is 17.3 Å². The van der Waals surface area contributed by atoms with Gasteiger partial charge in [0.25, 0.3) is 0 Å². The lowest BCUT2D eigenvalue weighted by molar-refractivity contribution is -0.129. The number of amides is 1.